The van der Waals surface area contributed by atoms with E-state index in [1.165, 1.54) is 0 Å². The average Bonchev–Trinajstić information content (AvgIpc) is 2.93. The molecule has 0 aliphatic carbocycles. The standard InChI is InChI=1S/C18H33N5O/c1-6-22-10-8-19-16(22)14-23-12-11-21(13-15(23)2)9-7-17(24)20-18(3,4)5/h8,10,15H,6-7,9,11-14H2,1-5H3,(H,20,24). The largest absolute Gasteiger partial charge is 0.351 e. The zero-order valence-corrected chi connectivity index (χ0v) is 15.9. The maximum absolute atomic E-state index is 12.0. The third-order valence-corrected chi connectivity index (χ3v) is 4.51. The summed E-state index contributed by atoms with van der Waals surface area (Å²) in [6.45, 7) is 16.2. The molecular weight excluding hydrogens is 302 g/mol. The quantitative estimate of drug-likeness (QED) is 0.860. The number of piperazine rings is 1. The molecule has 1 aromatic rings. The number of hydrogen-bond acceptors (Lipinski definition) is 4. The van der Waals surface area contributed by atoms with Crippen LogP contribution < -0.4 is 5.32 Å². The highest BCUT2D eigenvalue weighted by molar-refractivity contribution is 5.76. The van der Waals surface area contributed by atoms with Gasteiger partial charge in [-0.2, -0.15) is 0 Å². The lowest BCUT2D eigenvalue weighted by Crippen LogP contribution is -2.52. The summed E-state index contributed by atoms with van der Waals surface area (Å²) in [7, 11) is 0. The maximum atomic E-state index is 12.0. The lowest BCUT2D eigenvalue weighted by Gasteiger charge is -2.39. The van der Waals surface area contributed by atoms with Gasteiger partial charge < -0.3 is 14.8 Å². The molecule has 0 radical (unpaired) electrons. The average molecular weight is 335 g/mol. The van der Waals surface area contributed by atoms with Gasteiger partial charge in [0.15, 0.2) is 0 Å². The number of nitrogens with zero attached hydrogens (tertiary/aromatic N) is 4. The first-order valence-corrected chi connectivity index (χ1v) is 9.06. The Balaban J connectivity index is 1.77. The molecule has 0 aromatic carbocycles. The van der Waals surface area contributed by atoms with Gasteiger partial charge in [0.1, 0.15) is 5.82 Å². The van der Waals surface area contributed by atoms with E-state index in [2.05, 4.69) is 38.5 Å². The van der Waals surface area contributed by atoms with Crippen LogP contribution in [-0.2, 0) is 17.9 Å². The van der Waals surface area contributed by atoms with Gasteiger partial charge in [0.25, 0.3) is 0 Å². The molecule has 6 nitrogen and oxygen atoms in total. The van der Waals surface area contributed by atoms with Crippen molar-refractivity contribution in [1.82, 2.24) is 24.7 Å². The second-order valence-corrected chi connectivity index (χ2v) is 7.80. The molecule has 1 saturated heterocycles. The van der Waals surface area contributed by atoms with Gasteiger partial charge in [-0.15, -0.1) is 0 Å². The fourth-order valence-electron chi connectivity index (χ4n) is 3.21. The topological polar surface area (TPSA) is 53.4 Å². The van der Waals surface area contributed by atoms with Gasteiger partial charge in [-0.3, -0.25) is 9.69 Å². The summed E-state index contributed by atoms with van der Waals surface area (Å²) in [5.41, 5.74) is -0.149. The smallest absolute Gasteiger partial charge is 0.221 e. The monoisotopic (exact) mass is 335 g/mol. The van der Waals surface area contributed by atoms with Crippen LogP contribution in [0.4, 0.5) is 0 Å². The van der Waals surface area contributed by atoms with Crippen LogP contribution in [0.15, 0.2) is 12.4 Å². The zero-order valence-electron chi connectivity index (χ0n) is 15.9. The highest BCUT2D eigenvalue weighted by Crippen LogP contribution is 2.13. The summed E-state index contributed by atoms with van der Waals surface area (Å²) in [6.07, 6.45) is 4.50. The number of aryl methyl sites for hydroxylation is 1. The van der Waals surface area contributed by atoms with E-state index in [0.29, 0.717) is 12.5 Å². The lowest BCUT2D eigenvalue weighted by molar-refractivity contribution is -0.123. The molecule has 136 valence electrons. The van der Waals surface area contributed by atoms with Crippen molar-refractivity contribution in [2.24, 2.45) is 0 Å². The number of imidazole rings is 1. The number of hydrogen-bond donors (Lipinski definition) is 1. The highest BCUT2D eigenvalue weighted by Gasteiger charge is 2.25. The molecule has 2 heterocycles. The molecule has 1 aliphatic heterocycles. The molecule has 1 amide bonds. The Bertz CT molecular complexity index is 534. The predicted octanol–water partition coefficient (Wildman–Crippen LogP) is 1.71. The highest BCUT2D eigenvalue weighted by atomic mass is 16.1. The molecular formula is C18H33N5O. The SMILES string of the molecule is CCn1ccnc1CN1CCN(CCC(=O)NC(C)(C)C)CC1C. The van der Waals surface area contributed by atoms with Crippen LogP contribution in [0.2, 0.25) is 0 Å². The molecule has 6 heteroatoms. The fourth-order valence-corrected chi connectivity index (χ4v) is 3.21. The van der Waals surface area contributed by atoms with Crippen LogP contribution in [0.5, 0.6) is 0 Å². The molecule has 1 unspecified atom stereocenters. The summed E-state index contributed by atoms with van der Waals surface area (Å²) in [6, 6.07) is 0.478. The predicted molar refractivity (Wildman–Crippen MR) is 96.7 cm³/mol. The number of aromatic nitrogens is 2. The summed E-state index contributed by atoms with van der Waals surface area (Å²) < 4.78 is 2.20. The minimum absolute atomic E-state index is 0.141. The molecule has 2 rings (SSSR count). The van der Waals surface area contributed by atoms with E-state index < -0.39 is 0 Å². The van der Waals surface area contributed by atoms with Gasteiger partial charge in [0, 0.05) is 63.1 Å². The van der Waals surface area contributed by atoms with Gasteiger partial charge >= 0.3 is 0 Å². The molecule has 0 spiro atoms. The maximum Gasteiger partial charge on any atom is 0.221 e. The summed E-state index contributed by atoms with van der Waals surface area (Å²) in [5.74, 6) is 1.28. The van der Waals surface area contributed by atoms with Crippen LogP contribution in [-0.4, -0.2) is 63.0 Å². The third-order valence-electron chi connectivity index (χ3n) is 4.51. The van der Waals surface area contributed by atoms with E-state index in [9.17, 15) is 4.79 Å². The lowest BCUT2D eigenvalue weighted by atomic mass is 10.1. The number of carbonyl (C=O) groups is 1. The van der Waals surface area contributed by atoms with Crippen molar-refractivity contribution in [2.75, 3.05) is 26.2 Å². The minimum atomic E-state index is -0.149. The van der Waals surface area contributed by atoms with E-state index in [0.717, 1.165) is 45.1 Å². The molecule has 24 heavy (non-hydrogen) atoms. The number of rotatable bonds is 6. The van der Waals surface area contributed by atoms with Crippen LogP contribution in [0.1, 0.15) is 46.9 Å². The zero-order chi connectivity index (χ0) is 17.7. The molecule has 0 bridgehead atoms. The summed E-state index contributed by atoms with van der Waals surface area (Å²) in [4.78, 5) is 21.3. The first-order chi connectivity index (χ1) is 11.3. The van der Waals surface area contributed by atoms with Gasteiger partial charge in [0.2, 0.25) is 5.91 Å². The number of carbonyl (C=O) groups excluding carboxylic acids is 1. The summed E-state index contributed by atoms with van der Waals surface area (Å²) in [5, 5.41) is 3.03. The molecule has 1 atom stereocenters. The van der Waals surface area contributed by atoms with Crippen LogP contribution in [0.25, 0.3) is 0 Å². The second kappa shape index (κ2) is 8.12. The van der Waals surface area contributed by atoms with E-state index in [4.69, 9.17) is 0 Å². The normalized spacial score (nSPS) is 20.3. The van der Waals surface area contributed by atoms with E-state index in [1.807, 2.05) is 33.2 Å². The van der Waals surface area contributed by atoms with Crippen molar-refractivity contribution in [3.05, 3.63) is 18.2 Å². The van der Waals surface area contributed by atoms with E-state index >= 15 is 0 Å². The third kappa shape index (κ3) is 5.60. The number of amides is 1. The van der Waals surface area contributed by atoms with Crippen LogP contribution >= 0.6 is 0 Å². The fraction of sp³-hybridized carbons (Fsp3) is 0.778. The molecule has 1 aliphatic rings. The van der Waals surface area contributed by atoms with Crippen LogP contribution in [0.3, 0.4) is 0 Å². The number of nitrogens with one attached hydrogen (secondary N) is 1. The molecule has 1 fully saturated rings. The Hall–Kier alpha value is -1.40. The first-order valence-electron chi connectivity index (χ1n) is 9.06. The molecule has 0 saturated carbocycles. The Morgan fingerprint density at radius 2 is 2.12 bits per heavy atom. The Kier molecular flexibility index (Phi) is 6.40. The van der Waals surface area contributed by atoms with Gasteiger partial charge in [0.05, 0.1) is 6.54 Å². The van der Waals surface area contributed by atoms with Crippen LogP contribution in [0, 0.1) is 0 Å². The minimum Gasteiger partial charge on any atom is -0.351 e. The van der Waals surface area contributed by atoms with Crippen molar-refractivity contribution >= 4 is 5.91 Å². The molecule has 1 N–H and O–H groups in total. The Labute approximate surface area is 146 Å². The summed E-state index contributed by atoms with van der Waals surface area (Å²) >= 11 is 0. The van der Waals surface area contributed by atoms with Crippen molar-refractivity contribution in [3.8, 4) is 0 Å². The second-order valence-electron chi connectivity index (χ2n) is 7.80. The van der Waals surface area contributed by atoms with E-state index in [-0.39, 0.29) is 11.4 Å². The van der Waals surface area contributed by atoms with Crippen molar-refractivity contribution in [1.29, 1.82) is 0 Å². The Morgan fingerprint density at radius 1 is 1.38 bits per heavy atom. The van der Waals surface area contributed by atoms with Gasteiger partial charge in [-0.25, -0.2) is 4.98 Å². The van der Waals surface area contributed by atoms with Crippen molar-refractivity contribution in [2.45, 2.75) is 65.7 Å². The van der Waals surface area contributed by atoms with Gasteiger partial charge in [-0.05, 0) is 34.6 Å². The molecule has 1 aromatic heterocycles. The van der Waals surface area contributed by atoms with Crippen molar-refractivity contribution in [3.63, 3.8) is 0 Å². The van der Waals surface area contributed by atoms with Crippen molar-refractivity contribution < 1.29 is 4.79 Å². The Morgan fingerprint density at radius 3 is 2.75 bits per heavy atom. The first kappa shape index (κ1) is 18.9. The van der Waals surface area contributed by atoms with Gasteiger partial charge in [-0.1, -0.05) is 0 Å². The van der Waals surface area contributed by atoms with E-state index in [1.54, 1.807) is 0 Å².